The zero-order valence-corrected chi connectivity index (χ0v) is 18.5. The average molecular weight is 468 g/mol. The third-order valence-corrected chi connectivity index (χ3v) is 6.95. The molecule has 0 aromatic heterocycles. The van der Waals surface area contributed by atoms with Gasteiger partial charge >= 0.3 is 0 Å². The monoisotopic (exact) mass is 467 g/mol. The number of hydrogen-bond donors (Lipinski definition) is 0. The molecule has 0 N–H and O–H groups in total. The molecular weight excluding hydrogens is 448 g/mol. The molecule has 0 fully saturated rings. The van der Waals surface area contributed by atoms with Crippen LogP contribution in [0.1, 0.15) is 18.5 Å². The average Bonchev–Trinajstić information content (AvgIpc) is 2.76. The van der Waals surface area contributed by atoms with Crippen LogP contribution in [-0.2, 0) is 10.0 Å². The van der Waals surface area contributed by atoms with Crippen molar-refractivity contribution in [1.82, 2.24) is 0 Å². The van der Waals surface area contributed by atoms with Gasteiger partial charge in [-0.15, -0.1) is 0 Å². The van der Waals surface area contributed by atoms with E-state index in [1.54, 1.807) is 25.1 Å². The summed E-state index contributed by atoms with van der Waals surface area (Å²) in [4.78, 5) is -0.211. The van der Waals surface area contributed by atoms with E-state index >= 15 is 0 Å². The lowest BCUT2D eigenvalue weighted by Crippen LogP contribution is -2.34. The summed E-state index contributed by atoms with van der Waals surface area (Å²) in [5, 5.41) is -0.327. The van der Waals surface area contributed by atoms with E-state index in [2.05, 4.69) is 0 Å². The Morgan fingerprint density at radius 2 is 1.61 bits per heavy atom. The molecule has 0 amide bonds. The number of ether oxygens (including phenoxy) is 2. The number of hydrogen-bond acceptors (Lipinski definition) is 4. The summed E-state index contributed by atoms with van der Waals surface area (Å²) in [5.74, 6) is -0.314. The van der Waals surface area contributed by atoms with E-state index in [0.717, 1.165) is 34.6 Å². The van der Waals surface area contributed by atoms with Gasteiger partial charge in [0.05, 0.1) is 35.9 Å². The summed E-state index contributed by atoms with van der Waals surface area (Å²) in [6, 6.07) is 12.4. The van der Waals surface area contributed by atoms with Crippen LogP contribution in [0.2, 0.25) is 5.02 Å². The van der Waals surface area contributed by atoms with Crippen LogP contribution >= 0.6 is 11.6 Å². The molecule has 1 atom stereocenters. The summed E-state index contributed by atoms with van der Waals surface area (Å²) < 4.78 is 66.2. The van der Waals surface area contributed by atoms with Crippen molar-refractivity contribution in [1.29, 1.82) is 0 Å². The zero-order valence-electron chi connectivity index (χ0n) is 17.0. The van der Waals surface area contributed by atoms with Crippen LogP contribution in [0.3, 0.4) is 0 Å². The molecular formula is C22H20ClF2NO4S. The highest BCUT2D eigenvalue weighted by molar-refractivity contribution is 7.92. The molecule has 0 bridgehead atoms. The van der Waals surface area contributed by atoms with Crippen LogP contribution in [0, 0.1) is 11.6 Å². The molecule has 5 nitrogen and oxygen atoms in total. The first kappa shape index (κ1) is 22.8. The molecule has 0 saturated heterocycles. The van der Waals surface area contributed by atoms with Crippen molar-refractivity contribution >= 4 is 27.3 Å². The van der Waals surface area contributed by atoms with Crippen molar-refractivity contribution in [2.24, 2.45) is 0 Å². The SMILES string of the molecule is COc1ccc(OC)c(C(C)N(c2ccc(F)cc2)S(=O)(=O)c2ccc(F)c(Cl)c2)c1. The van der Waals surface area contributed by atoms with E-state index in [0.29, 0.717) is 17.1 Å². The van der Waals surface area contributed by atoms with Gasteiger partial charge in [-0.05, 0) is 67.6 Å². The van der Waals surface area contributed by atoms with E-state index in [1.165, 1.54) is 26.4 Å². The second-order valence-electron chi connectivity index (χ2n) is 6.64. The highest BCUT2D eigenvalue weighted by Crippen LogP contribution is 2.39. The van der Waals surface area contributed by atoms with Gasteiger partial charge < -0.3 is 9.47 Å². The van der Waals surface area contributed by atoms with Gasteiger partial charge in [0, 0.05) is 5.56 Å². The predicted octanol–water partition coefficient (Wildman–Crippen LogP) is 5.59. The third-order valence-electron chi connectivity index (χ3n) is 4.77. The van der Waals surface area contributed by atoms with Gasteiger partial charge in [0.1, 0.15) is 23.1 Å². The molecule has 0 heterocycles. The van der Waals surface area contributed by atoms with Crippen molar-refractivity contribution in [3.05, 3.63) is 82.9 Å². The molecule has 0 spiro atoms. The number of anilines is 1. The van der Waals surface area contributed by atoms with Gasteiger partial charge in [-0.3, -0.25) is 4.31 Å². The van der Waals surface area contributed by atoms with Gasteiger partial charge in [0.2, 0.25) is 0 Å². The quantitative estimate of drug-likeness (QED) is 0.454. The third kappa shape index (κ3) is 4.60. The molecule has 3 aromatic carbocycles. The molecule has 31 heavy (non-hydrogen) atoms. The van der Waals surface area contributed by atoms with Crippen LogP contribution < -0.4 is 13.8 Å². The van der Waals surface area contributed by atoms with Crippen LogP contribution in [-0.4, -0.2) is 22.6 Å². The molecule has 0 saturated carbocycles. The Kier molecular flexibility index (Phi) is 6.71. The minimum absolute atomic E-state index is 0.208. The molecule has 3 rings (SSSR count). The first-order chi connectivity index (χ1) is 14.7. The number of benzene rings is 3. The first-order valence-corrected chi connectivity index (χ1v) is 11.0. The lowest BCUT2D eigenvalue weighted by Gasteiger charge is -2.32. The van der Waals surface area contributed by atoms with Crippen LogP contribution in [0.25, 0.3) is 0 Å². The zero-order chi connectivity index (χ0) is 22.8. The molecule has 0 aliphatic carbocycles. The molecule has 3 aromatic rings. The maximum Gasteiger partial charge on any atom is 0.264 e. The lowest BCUT2D eigenvalue weighted by atomic mass is 10.1. The number of nitrogens with zero attached hydrogens (tertiary/aromatic N) is 1. The molecule has 9 heteroatoms. The lowest BCUT2D eigenvalue weighted by molar-refractivity contribution is 0.396. The van der Waals surface area contributed by atoms with Gasteiger partial charge in [0.15, 0.2) is 0 Å². The second-order valence-corrected chi connectivity index (χ2v) is 8.86. The molecule has 0 radical (unpaired) electrons. The van der Waals surface area contributed by atoms with Crippen molar-refractivity contribution in [2.45, 2.75) is 17.9 Å². The highest BCUT2D eigenvalue weighted by Gasteiger charge is 2.32. The second kappa shape index (κ2) is 9.11. The molecule has 164 valence electrons. The van der Waals surface area contributed by atoms with E-state index in [9.17, 15) is 17.2 Å². The fraction of sp³-hybridized carbons (Fsp3) is 0.182. The Labute approximate surface area is 184 Å². The van der Waals surface area contributed by atoms with Crippen molar-refractivity contribution in [3.8, 4) is 11.5 Å². The number of rotatable bonds is 7. The summed E-state index contributed by atoms with van der Waals surface area (Å²) >= 11 is 5.83. The minimum atomic E-state index is -4.23. The van der Waals surface area contributed by atoms with E-state index in [-0.39, 0.29) is 15.6 Å². The van der Waals surface area contributed by atoms with Crippen molar-refractivity contribution in [3.63, 3.8) is 0 Å². The van der Waals surface area contributed by atoms with Crippen LogP contribution in [0.4, 0.5) is 14.5 Å². The van der Waals surface area contributed by atoms with Gasteiger partial charge in [-0.2, -0.15) is 0 Å². The predicted molar refractivity (Wildman–Crippen MR) is 115 cm³/mol. The fourth-order valence-electron chi connectivity index (χ4n) is 3.20. The Bertz CT molecular complexity index is 1190. The standard InChI is InChI=1S/C22H20ClF2NO4S/c1-14(19-12-17(29-2)8-11-22(19)30-3)26(16-6-4-15(24)5-7-16)31(27,28)18-9-10-21(25)20(23)13-18/h4-14H,1-3H3. The Morgan fingerprint density at radius 3 is 2.19 bits per heavy atom. The molecule has 0 aliphatic heterocycles. The summed E-state index contributed by atoms with van der Waals surface area (Å²) in [6.07, 6.45) is 0. The van der Waals surface area contributed by atoms with E-state index in [4.69, 9.17) is 21.1 Å². The summed E-state index contributed by atoms with van der Waals surface area (Å²) in [7, 11) is -1.28. The fourth-order valence-corrected chi connectivity index (χ4v) is 5.11. The van der Waals surface area contributed by atoms with Gasteiger partial charge in [-0.1, -0.05) is 11.6 Å². The molecule has 1 unspecified atom stereocenters. The largest absolute Gasteiger partial charge is 0.497 e. The number of sulfonamides is 1. The number of methoxy groups -OCH3 is 2. The van der Waals surface area contributed by atoms with Crippen molar-refractivity contribution in [2.75, 3.05) is 18.5 Å². The van der Waals surface area contributed by atoms with E-state index < -0.39 is 27.7 Å². The highest BCUT2D eigenvalue weighted by atomic mass is 35.5. The van der Waals surface area contributed by atoms with Crippen LogP contribution in [0.5, 0.6) is 11.5 Å². The summed E-state index contributed by atoms with van der Waals surface area (Å²) in [6.45, 7) is 1.66. The maximum absolute atomic E-state index is 13.6. The normalized spacial score (nSPS) is 12.3. The Morgan fingerprint density at radius 1 is 0.935 bits per heavy atom. The Hall–Kier alpha value is -2.84. The number of halogens is 3. The molecule has 0 aliphatic rings. The van der Waals surface area contributed by atoms with Gasteiger partial charge in [0.25, 0.3) is 10.0 Å². The minimum Gasteiger partial charge on any atom is -0.497 e. The topological polar surface area (TPSA) is 55.8 Å². The first-order valence-electron chi connectivity index (χ1n) is 9.16. The maximum atomic E-state index is 13.6. The van der Waals surface area contributed by atoms with Crippen LogP contribution in [0.15, 0.2) is 65.6 Å². The van der Waals surface area contributed by atoms with Gasteiger partial charge in [-0.25, -0.2) is 17.2 Å². The summed E-state index contributed by atoms with van der Waals surface area (Å²) in [5.41, 5.74) is 0.724. The van der Waals surface area contributed by atoms with E-state index in [1.807, 2.05) is 0 Å². The van der Waals surface area contributed by atoms with Crippen molar-refractivity contribution < 1.29 is 26.7 Å². The smallest absolute Gasteiger partial charge is 0.264 e. The Balaban J connectivity index is 2.22.